The average Bonchev–Trinajstić information content (AvgIpc) is 2.48. The zero-order chi connectivity index (χ0) is 14.2. The zero-order valence-corrected chi connectivity index (χ0v) is 11.9. The minimum absolute atomic E-state index is 0.251. The molecule has 2 N–H and O–H groups in total. The second-order valence-corrected chi connectivity index (χ2v) is 5.55. The van der Waals surface area contributed by atoms with Gasteiger partial charge in [0.1, 0.15) is 5.75 Å². The molecule has 0 saturated heterocycles. The van der Waals surface area contributed by atoms with Gasteiger partial charge in [-0.05, 0) is 29.8 Å². The first-order valence-corrected chi connectivity index (χ1v) is 7.44. The Morgan fingerprint density at radius 1 is 1.00 bits per heavy atom. The van der Waals surface area contributed by atoms with Crippen molar-refractivity contribution in [2.75, 3.05) is 12.4 Å². The van der Waals surface area contributed by atoms with Gasteiger partial charge in [-0.1, -0.05) is 30.3 Å². The van der Waals surface area contributed by atoms with Crippen molar-refractivity contribution in [3.63, 3.8) is 0 Å². The van der Waals surface area contributed by atoms with E-state index in [9.17, 15) is 10.2 Å². The number of hydrogen-bond acceptors (Lipinski definition) is 4. The lowest BCUT2D eigenvalue weighted by Gasteiger charge is -2.11. The number of phenols is 1. The van der Waals surface area contributed by atoms with Gasteiger partial charge in [0.05, 0.1) is 19.3 Å². The van der Waals surface area contributed by atoms with Gasteiger partial charge in [0.15, 0.2) is 0 Å². The Labute approximate surface area is 123 Å². The summed E-state index contributed by atoms with van der Waals surface area (Å²) in [5.74, 6) is 0.820. The minimum atomic E-state index is -0.502. The molecule has 3 nitrogen and oxygen atoms in total. The zero-order valence-electron chi connectivity index (χ0n) is 11.1. The Hall–Kier alpha value is -1.49. The predicted octanol–water partition coefficient (Wildman–Crippen LogP) is 3.06. The van der Waals surface area contributed by atoms with Crippen molar-refractivity contribution in [1.82, 2.24) is 0 Å². The molecule has 0 aliphatic heterocycles. The predicted molar refractivity (Wildman–Crippen MR) is 80.9 cm³/mol. The van der Waals surface area contributed by atoms with E-state index < -0.39 is 6.10 Å². The molecule has 0 spiro atoms. The first kappa shape index (κ1) is 14.9. The number of rotatable bonds is 7. The molecule has 1 unspecified atom stereocenters. The van der Waals surface area contributed by atoms with Crippen molar-refractivity contribution in [3.05, 3.63) is 60.2 Å². The lowest BCUT2D eigenvalue weighted by atomic mass is 10.2. The van der Waals surface area contributed by atoms with E-state index in [1.54, 1.807) is 23.9 Å². The molecule has 4 heteroatoms. The summed E-state index contributed by atoms with van der Waals surface area (Å²) >= 11 is 1.54. The molecule has 0 bridgehead atoms. The van der Waals surface area contributed by atoms with Gasteiger partial charge in [0.25, 0.3) is 0 Å². The summed E-state index contributed by atoms with van der Waals surface area (Å²) in [6.45, 7) is 0.835. The van der Waals surface area contributed by atoms with Crippen LogP contribution in [0.25, 0.3) is 0 Å². The Bertz CT molecular complexity index is 499. The maximum atomic E-state index is 9.85. The largest absolute Gasteiger partial charge is 0.508 e. The lowest BCUT2D eigenvalue weighted by molar-refractivity contribution is 0.0398. The van der Waals surface area contributed by atoms with E-state index in [4.69, 9.17) is 4.74 Å². The molecule has 0 amide bonds. The highest BCUT2D eigenvalue weighted by atomic mass is 32.2. The number of hydrogen-bond donors (Lipinski definition) is 2. The molecule has 1 atom stereocenters. The van der Waals surface area contributed by atoms with Crippen LogP contribution in [0.5, 0.6) is 5.75 Å². The van der Waals surface area contributed by atoms with Gasteiger partial charge in [0, 0.05) is 10.6 Å². The van der Waals surface area contributed by atoms with Crippen molar-refractivity contribution in [3.8, 4) is 5.75 Å². The quantitative estimate of drug-likeness (QED) is 0.770. The van der Waals surface area contributed by atoms with Crippen LogP contribution in [0.2, 0.25) is 0 Å². The average molecular weight is 290 g/mol. The number of benzene rings is 2. The fraction of sp³-hybridized carbons (Fsp3) is 0.250. The molecule has 0 fully saturated rings. The monoisotopic (exact) mass is 290 g/mol. The first-order valence-electron chi connectivity index (χ1n) is 6.45. The van der Waals surface area contributed by atoms with Crippen LogP contribution >= 0.6 is 11.8 Å². The summed E-state index contributed by atoms with van der Waals surface area (Å²) in [4.78, 5) is 1.02. The Morgan fingerprint density at radius 2 is 1.70 bits per heavy atom. The molecule has 0 aliphatic carbocycles. The standard InChI is InChI=1S/C16H18O3S/c17-14-6-8-16(9-7-14)20-12-15(18)11-19-10-13-4-2-1-3-5-13/h1-9,15,17-18H,10-12H2. The van der Waals surface area contributed by atoms with Crippen LogP contribution in [0, 0.1) is 0 Å². The highest BCUT2D eigenvalue weighted by Crippen LogP contribution is 2.21. The Kier molecular flexibility index (Phi) is 5.92. The van der Waals surface area contributed by atoms with E-state index in [0.29, 0.717) is 19.0 Å². The van der Waals surface area contributed by atoms with Gasteiger partial charge in [-0.25, -0.2) is 0 Å². The van der Waals surface area contributed by atoms with E-state index in [0.717, 1.165) is 10.5 Å². The molecule has 2 aromatic rings. The van der Waals surface area contributed by atoms with E-state index in [1.807, 2.05) is 42.5 Å². The topological polar surface area (TPSA) is 49.7 Å². The smallest absolute Gasteiger partial charge is 0.115 e. The number of aromatic hydroxyl groups is 1. The van der Waals surface area contributed by atoms with Crippen LogP contribution in [0.15, 0.2) is 59.5 Å². The summed E-state index contributed by atoms with van der Waals surface area (Å²) in [5, 5.41) is 19.0. The molecule has 2 rings (SSSR count). The molecule has 0 aliphatic rings. The normalized spacial score (nSPS) is 12.2. The maximum absolute atomic E-state index is 9.85. The number of phenolic OH excluding ortho intramolecular Hbond substituents is 1. The fourth-order valence-electron chi connectivity index (χ4n) is 1.67. The summed E-state index contributed by atoms with van der Waals surface area (Å²) in [5.41, 5.74) is 1.10. The van der Waals surface area contributed by atoms with Crippen molar-refractivity contribution in [2.24, 2.45) is 0 Å². The Morgan fingerprint density at radius 3 is 2.40 bits per heavy atom. The maximum Gasteiger partial charge on any atom is 0.115 e. The molecule has 0 radical (unpaired) electrons. The summed E-state index contributed by atoms with van der Waals surface area (Å²) < 4.78 is 5.49. The molecule has 0 heterocycles. The van der Waals surface area contributed by atoms with Crippen molar-refractivity contribution < 1.29 is 14.9 Å². The number of thioether (sulfide) groups is 1. The highest BCUT2D eigenvalue weighted by molar-refractivity contribution is 7.99. The highest BCUT2D eigenvalue weighted by Gasteiger charge is 2.05. The van der Waals surface area contributed by atoms with Gasteiger partial charge in [-0.2, -0.15) is 0 Å². The van der Waals surface area contributed by atoms with Gasteiger partial charge < -0.3 is 14.9 Å². The van der Waals surface area contributed by atoms with E-state index in [1.165, 1.54) is 0 Å². The first-order chi connectivity index (χ1) is 9.74. The van der Waals surface area contributed by atoms with Crippen molar-refractivity contribution in [1.29, 1.82) is 0 Å². The molecule has 20 heavy (non-hydrogen) atoms. The third-order valence-corrected chi connectivity index (χ3v) is 3.86. The van der Waals surface area contributed by atoms with E-state index in [2.05, 4.69) is 0 Å². The molecular weight excluding hydrogens is 272 g/mol. The number of ether oxygens (including phenoxy) is 1. The molecule has 0 saturated carbocycles. The third kappa shape index (κ3) is 5.25. The molecule has 106 valence electrons. The van der Waals surface area contributed by atoms with Gasteiger partial charge in [-0.3, -0.25) is 0 Å². The van der Waals surface area contributed by atoms with Crippen molar-refractivity contribution in [2.45, 2.75) is 17.6 Å². The van der Waals surface area contributed by atoms with Crippen molar-refractivity contribution >= 4 is 11.8 Å². The van der Waals surface area contributed by atoms with Crippen LogP contribution in [0.3, 0.4) is 0 Å². The van der Waals surface area contributed by atoms with Gasteiger partial charge >= 0.3 is 0 Å². The van der Waals surface area contributed by atoms with Crippen LogP contribution in [0.1, 0.15) is 5.56 Å². The number of aliphatic hydroxyl groups is 1. The van der Waals surface area contributed by atoms with Crippen LogP contribution in [-0.4, -0.2) is 28.7 Å². The van der Waals surface area contributed by atoms with Crippen LogP contribution in [-0.2, 0) is 11.3 Å². The lowest BCUT2D eigenvalue weighted by Crippen LogP contribution is -2.17. The Balaban J connectivity index is 1.65. The summed E-state index contributed by atoms with van der Waals surface area (Å²) in [6, 6.07) is 16.8. The van der Waals surface area contributed by atoms with Gasteiger partial charge in [0.2, 0.25) is 0 Å². The second kappa shape index (κ2) is 7.94. The second-order valence-electron chi connectivity index (χ2n) is 4.46. The minimum Gasteiger partial charge on any atom is -0.508 e. The summed E-state index contributed by atoms with van der Waals surface area (Å²) in [7, 11) is 0. The van der Waals surface area contributed by atoms with Crippen LogP contribution < -0.4 is 0 Å². The molecule has 2 aromatic carbocycles. The third-order valence-electron chi connectivity index (χ3n) is 2.70. The summed E-state index contributed by atoms with van der Waals surface area (Å²) in [6.07, 6.45) is -0.502. The van der Waals surface area contributed by atoms with Gasteiger partial charge in [-0.15, -0.1) is 11.8 Å². The fourth-order valence-corrected chi connectivity index (χ4v) is 2.48. The SMILES string of the molecule is Oc1ccc(SCC(O)COCc2ccccc2)cc1. The van der Waals surface area contributed by atoms with Crippen LogP contribution in [0.4, 0.5) is 0 Å². The number of aliphatic hydroxyl groups excluding tert-OH is 1. The van der Waals surface area contributed by atoms with E-state index in [-0.39, 0.29) is 5.75 Å². The van der Waals surface area contributed by atoms with E-state index >= 15 is 0 Å². The molecular formula is C16H18O3S. The molecule has 0 aromatic heterocycles.